The Morgan fingerprint density at radius 1 is 1.19 bits per heavy atom. The largest absolute Gasteiger partial charge is 0.344 e. The van der Waals surface area contributed by atoms with Crippen molar-refractivity contribution in [3.63, 3.8) is 0 Å². The third kappa shape index (κ3) is 3.34. The molecular weight excluding hydrogens is 334 g/mol. The third-order valence-electron chi connectivity index (χ3n) is 4.21. The molecule has 2 aromatic heterocycles. The molecule has 3 N–H and O–H groups in total. The van der Waals surface area contributed by atoms with Gasteiger partial charge in [-0.25, -0.2) is 9.48 Å². The second-order valence-electron chi connectivity index (χ2n) is 6.08. The van der Waals surface area contributed by atoms with Crippen LogP contribution in [0.15, 0.2) is 46.1 Å². The minimum absolute atomic E-state index is 0.0884. The van der Waals surface area contributed by atoms with Crippen LogP contribution in [0.2, 0.25) is 0 Å². The molecule has 0 saturated carbocycles. The molecule has 0 fully saturated rings. The number of H-pyrrole nitrogens is 2. The van der Waals surface area contributed by atoms with Crippen molar-refractivity contribution in [1.82, 2.24) is 25.1 Å². The Morgan fingerprint density at radius 2 is 1.92 bits per heavy atom. The first kappa shape index (κ1) is 17.4. The van der Waals surface area contributed by atoms with Crippen LogP contribution in [0.3, 0.4) is 0 Å². The highest BCUT2D eigenvalue weighted by Gasteiger charge is 2.18. The highest BCUT2D eigenvalue weighted by Crippen LogP contribution is 2.22. The van der Waals surface area contributed by atoms with Crippen molar-refractivity contribution < 1.29 is 4.79 Å². The molecule has 0 saturated heterocycles. The maximum absolute atomic E-state index is 12.3. The molecule has 0 unspecified atom stereocenters. The minimum atomic E-state index is -0.723. The van der Waals surface area contributed by atoms with Crippen LogP contribution in [0.5, 0.6) is 0 Å². The molecule has 0 aliphatic rings. The van der Waals surface area contributed by atoms with E-state index in [4.69, 9.17) is 0 Å². The van der Waals surface area contributed by atoms with E-state index in [0.29, 0.717) is 0 Å². The Hall–Kier alpha value is -3.42. The van der Waals surface area contributed by atoms with Crippen molar-refractivity contribution in [3.05, 3.63) is 79.9 Å². The van der Waals surface area contributed by atoms with E-state index in [-0.39, 0.29) is 11.7 Å². The lowest BCUT2D eigenvalue weighted by atomic mass is 10.1. The van der Waals surface area contributed by atoms with Gasteiger partial charge in [-0.05, 0) is 32.4 Å². The van der Waals surface area contributed by atoms with Crippen LogP contribution >= 0.6 is 0 Å². The average molecular weight is 353 g/mol. The fourth-order valence-corrected chi connectivity index (χ4v) is 2.83. The fourth-order valence-electron chi connectivity index (χ4n) is 2.83. The number of amides is 1. The fraction of sp³-hybridized carbons (Fsp3) is 0.222. The third-order valence-corrected chi connectivity index (χ3v) is 4.21. The number of carbonyl (C=O) groups is 1. The molecule has 0 radical (unpaired) electrons. The number of aromatic amines is 2. The van der Waals surface area contributed by atoms with E-state index in [0.717, 1.165) is 28.6 Å². The Labute approximate surface area is 148 Å². The summed E-state index contributed by atoms with van der Waals surface area (Å²) in [5.41, 5.74) is 2.35. The van der Waals surface area contributed by atoms with E-state index in [9.17, 15) is 14.4 Å². The number of benzene rings is 1. The molecule has 1 aromatic carbocycles. The number of hydrogen-bond donors (Lipinski definition) is 3. The SMILES string of the molecule is Cc1ccccc1-n1ncc([C@@H](C)NC(=O)c2cc(=O)[nH]c(=O)[nH]2)c1C. The zero-order valence-electron chi connectivity index (χ0n) is 14.7. The lowest BCUT2D eigenvalue weighted by molar-refractivity contribution is 0.0934. The van der Waals surface area contributed by atoms with Crippen molar-refractivity contribution in [2.75, 3.05) is 0 Å². The molecule has 3 rings (SSSR count). The van der Waals surface area contributed by atoms with Crippen LogP contribution in [0.1, 0.15) is 40.3 Å². The standard InChI is InChI=1S/C18H19N5O3/c1-10-6-4-5-7-15(10)23-12(3)13(9-19-23)11(2)20-17(25)14-8-16(24)22-18(26)21-14/h4-9,11H,1-3H3,(H,20,25)(H2,21,22,24,26)/t11-/m1/s1. The number of carbonyl (C=O) groups excluding carboxylic acids is 1. The maximum atomic E-state index is 12.3. The summed E-state index contributed by atoms with van der Waals surface area (Å²) >= 11 is 0. The van der Waals surface area contributed by atoms with Crippen LogP contribution in [0.25, 0.3) is 5.69 Å². The van der Waals surface area contributed by atoms with E-state index in [2.05, 4.69) is 15.4 Å². The summed E-state index contributed by atoms with van der Waals surface area (Å²) in [7, 11) is 0. The summed E-state index contributed by atoms with van der Waals surface area (Å²) in [4.78, 5) is 39.3. The molecule has 8 heteroatoms. The minimum Gasteiger partial charge on any atom is -0.344 e. The molecule has 1 amide bonds. The lowest BCUT2D eigenvalue weighted by Crippen LogP contribution is -2.32. The summed E-state index contributed by atoms with van der Waals surface area (Å²) in [6.45, 7) is 5.74. The summed E-state index contributed by atoms with van der Waals surface area (Å²) in [6, 6.07) is 8.57. The maximum Gasteiger partial charge on any atom is 0.326 e. The number of nitrogens with zero attached hydrogens (tertiary/aromatic N) is 2. The van der Waals surface area contributed by atoms with Gasteiger partial charge in [-0.1, -0.05) is 18.2 Å². The number of rotatable bonds is 4. The Bertz CT molecular complexity index is 1050. The van der Waals surface area contributed by atoms with Crippen LogP contribution < -0.4 is 16.6 Å². The van der Waals surface area contributed by atoms with Crippen LogP contribution in [0.4, 0.5) is 0 Å². The molecule has 1 atom stereocenters. The Morgan fingerprint density at radius 3 is 2.62 bits per heavy atom. The molecule has 3 aromatic rings. The smallest absolute Gasteiger partial charge is 0.326 e. The normalized spacial score (nSPS) is 12.0. The molecule has 26 heavy (non-hydrogen) atoms. The number of aryl methyl sites for hydroxylation is 1. The Kier molecular flexibility index (Phi) is 4.57. The van der Waals surface area contributed by atoms with Gasteiger partial charge in [-0.2, -0.15) is 5.10 Å². The van der Waals surface area contributed by atoms with Crippen molar-refractivity contribution >= 4 is 5.91 Å². The van der Waals surface area contributed by atoms with Gasteiger partial charge in [0.05, 0.1) is 17.9 Å². The van der Waals surface area contributed by atoms with Crippen molar-refractivity contribution in [2.24, 2.45) is 0 Å². The van der Waals surface area contributed by atoms with Gasteiger partial charge < -0.3 is 10.3 Å². The first-order chi connectivity index (χ1) is 12.4. The van der Waals surface area contributed by atoms with E-state index in [1.165, 1.54) is 0 Å². The number of hydrogen-bond acceptors (Lipinski definition) is 4. The summed E-state index contributed by atoms with van der Waals surface area (Å²) in [5, 5.41) is 7.20. The lowest BCUT2D eigenvalue weighted by Gasteiger charge is -2.14. The summed E-state index contributed by atoms with van der Waals surface area (Å²) in [6.07, 6.45) is 1.70. The second-order valence-corrected chi connectivity index (χ2v) is 6.08. The molecule has 0 bridgehead atoms. The van der Waals surface area contributed by atoms with E-state index < -0.39 is 17.2 Å². The van der Waals surface area contributed by atoms with E-state index in [1.807, 2.05) is 54.7 Å². The quantitative estimate of drug-likeness (QED) is 0.657. The molecule has 134 valence electrons. The van der Waals surface area contributed by atoms with Gasteiger partial charge in [-0.15, -0.1) is 0 Å². The molecule has 2 heterocycles. The predicted molar refractivity (Wildman–Crippen MR) is 96.6 cm³/mol. The van der Waals surface area contributed by atoms with Gasteiger partial charge in [0.2, 0.25) is 0 Å². The van der Waals surface area contributed by atoms with Crippen molar-refractivity contribution in [3.8, 4) is 5.69 Å². The van der Waals surface area contributed by atoms with E-state index in [1.54, 1.807) is 6.20 Å². The molecule has 0 spiro atoms. The first-order valence-electron chi connectivity index (χ1n) is 8.12. The highest BCUT2D eigenvalue weighted by atomic mass is 16.2. The van der Waals surface area contributed by atoms with Gasteiger partial charge in [-0.3, -0.25) is 14.6 Å². The zero-order chi connectivity index (χ0) is 18.8. The van der Waals surface area contributed by atoms with Gasteiger partial charge >= 0.3 is 5.69 Å². The van der Waals surface area contributed by atoms with Crippen molar-refractivity contribution in [1.29, 1.82) is 0 Å². The predicted octanol–water partition coefficient (Wildman–Crippen LogP) is 1.36. The topological polar surface area (TPSA) is 113 Å². The number of aromatic nitrogens is 4. The van der Waals surface area contributed by atoms with Gasteiger partial charge in [0, 0.05) is 17.3 Å². The number of nitrogens with one attached hydrogen (secondary N) is 3. The molecule has 8 nitrogen and oxygen atoms in total. The highest BCUT2D eigenvalue weighted by molar-refractivity contribution is 5.92. The molecular formula is C18H19N5O3. The van der Waals surface area contributed by atoms with Crippen LogP contribution in [-0.2, 0) is 0 Å². The van der Waals surface area contributed by atoms with Crippen molar-refractivity contribution in [2.45, 2.75) is 26.8 Å². The summed E-state index contributed by atoms with van der Waals surface area (Å²) in [5.74, 6) is -0.538. The van der Waals surface area contributed by atoms with Crippen LogP contribution in [0, 0.1) is 13.8 Å². The second kappa shape index (κ2) is 6.83. The molecule has 0 aliphatic carbocycles. The Balaban J connectivity index is 1.86. The molecule has 0 aliphatic heterocycles. The summed E-state index contributed by atoms with van der Waals surface area (Å²) < 4.78 is 1.82. The average Bonchev–Trinajstić information content (AvgIpc) is 2.96. The van der Waals surface area contributed by atoms with E-state index >= 15 is 0 Å². The number of para-hydroxylation sites is 1. The zero-order valence-corrected chi connectivity index (χ0v) is 14.7. The monoisotopic (exact) mass is 353 g/mol. The van der Waals surface area contributed by atoms with Gasteiger partial charge in [0.15, 0.2) is 0 Å². The van der Waals surface area contributed by atoms with Crippen LogP contribution in [-0.4, -0.2) is 25.7 Å². The van der Waals surface area contributed by atoms with Gasteiger partial charge in [0.25, 0.3) is 11.5 Å². The first-order valence-corrected chi connectivity index (χ1v) is 8.12. The van der Waals surface area contributed by atoms with Gasteiger partial charge in [0.1, 0.15) is 5.69 Å².